The second kappa shape index (κ2) is 5.96. The molecule has 2 N–H and O–H groups in total. The molecule has 1 aliphatic rings. The van der Waals surface area contributed by atoms with Gasteiger partial charge in [0.1, 0.15) is 0 Å². The highest BCUT2D eigenvalue weighted by Crippen LogP contribution is 2.33. The minimum Gasteiger partial charge on any atom is -0.349 e. The summed E-state index contributed by atoms with van der Waals surface area (Å²) in [6, 6.07) is 7.96. The Kier molecular flexibility index (Phi) is 3.85. The number of fused-ring (bicyclic) bond motifs is 2. The van der Waals surface area contributed by atoms with Gasteiger partial charge < -0.3 is 14.5 Å². The Labute approximate surface area is 149 Å². The number of aromatic amines is 2. The average molecular weight is 374 g/mol. The standard InChI is InChI=1S/C17H18N4O4S/c1-2-14-15-4-3-7-20(15)8-9-21(14)26(24,25)11-5-6-12-13(10-11)19-17(23)16(22)18-12/h3-7,10,14H,2,8-9H2,1H3,(H,18,22)(H,19,23)/t14-/m0/s1. The van der Waals surface area contributed by atoms with Gasteiger partial charge in [-0.05, 0) is 36.8 Å². The van der Waals surface area contributed by atoms with Crippen LogP contribution in [0.15, 0.2) is 51.0 Å². The van der Waals surface area contributed by atoms with Crippen LogP contribution in [0.2, 0.25) is 0 Å². The van der Waals surface area contributed by atoms with Gasteiger partial charge in [-0.3, -0.25) is 9.59 Å². The van der Waals surface area contributed by atoms with Crippen molar-refractivity contribution in [1.29, 1.82) is 0 Å². The second-order valence-corrected chi connectivity index (χ2v) is 8.17. The molecule has 3 heterocycles. The maximum Gasteiger partial charge on any atom is 0.314 e. The van der Waals surface area contributed by atoms with Gasteiger partial charge in [0, 0.05) is 25.0 Å². The molecule has 4 rings (SSSR count). The molecule has 0 fully saturated rings. The minimum absolute atomic E-state index is 0.0890. The molecule has 2 aromatic heterocycles. The monoisotopic (exact) mass is 374 g/mol. The van der Waals surface area contributed by atoms with Crippen molar-refractivity contribution in [2.24, 2.45) is 0 Å². The van der Waals surface area contributed by atoms with E-state index < -0.39 is 21.1 Å². The van der Waals surface area contributed by atoms with Gasteiger partial charge in [0.05, 0.1) is 22.0 Å². The summed E-state index contributed by atoms with van der Waals surface area (Å²) in [5.41, 5.74) is 0.0586. The number of H-pyrrole nitrogens is 2. The summed E-state index contributed by atoms with van der Waals surface area (Å²) in [4.78, 5) is 27.9. The number of hydrogen-bond acceptors (Lipinski definition) is 4. The van der Waals surface area contributed by atoms with E-state index in [1.807, 2.05) is 25.3 Å². The van der Waals surface area contributed by atoms with Gasteiger partial charge in [-0.1, -0.05) is 6.92 Å². The molecule has 0 amide bonds. The molecule has 0 aliphatic carbocycles. The maximum atomic E-state index is 13.2. The fraction of sp³-hybridized carbons (Fsp3) is 0.294. The van der Waals surface area contributed by atoms with Crippen molar-refractivity contribution < 1.29 is 8.42 Å². The van der Waals surface area contributed by atoms with E-state index >= 15 is 0 Å². The molecule has 0 saturated heterocycles. The van der Waals surface area contributed by atoms with Gasteiger partial charge in [-0.2, -0.15) is 4.31 Å². The smallest absolute Gasteiger partial charge is 0.314 e. The first-order valence-corrected chi connectivity index (χ1v) is 9.79. The first-order valence-electron chi connectivity index (χ1n) is 8.35. The van der Waals surface area contributed by atoms with Gasteiger partial charge >= 0.3 is 11.1 Å². The van der Waals surface area contributed by atoms with Crippen molar-refractivity contribution in [2.45, 2.75) is 30.8 Å². The van der Waals surface area contributed by atoms with Crippen LogP contribution >= 0.6 is 0 Å². The molecule has 0 bridgehead atoms. The van der Waals surface area contributed by atoms with Crippen molar-refractivity contribution in [3.05, 3.63) is 62.9 Å². The van der Waals surface area contributed by atoms with Crippen molar-refractivity contribution in [1.82, 2.24) is 18.8 Å². The molecule has 9 heteroatoms. The number of aromatic nitrogens is 3. The van der Waals surface area contributed by atoms with Gasteiger partial charge in [-0.25, -0.2) is 8.42 Å². The van der Waals surface area contributed by atoms with E-state index in [-0.39, 0.29) is 16.5 Å². The molecular formula is C17H18N4O4S. The minimum atomic E-state index is -3.75. The number of nitrogens with one attached hydrogen (secondary N) is 2. The highest BCUT2D eigenvalue weighted by Gasteiger charge is 2.35. The van der Waals surface area contributed by atoms with E-state index in [0.717, 1.165) is 5.69 Å². The third-order valence-electron chi connectivity index (χ3n) is 4.80. The Bertz CT molecular complexity index is 1210. The SMILES string of the molecule is CC[C@H]1c2cccn2CCN1S(=O)(=O)c1ccc2[nH]c(=O)c(=O)[nH]c2c1. The summed E-state index contributed by atoms with van der Waals surface area (Å²) >= 11 is 0. The number of sulfonamides is 1. The van der Waals surface area contributed by atoms with Gasteiger partial charge in [-0.15, -0.1) is 0 Å². The summed E-state index contributed by atoms with van der Waals surface area (Å²) in [7, 11) is -3.75. The molecule has 1 aromatic carbocycles. The van der Waals surface area contributed by atoms with Crippen LogP contribution in [-0.2, 0) is 16.6 Å². The predicted octanol–water partition coefficient (Wildman–Crippen LogP) is 1.17. The lowest BCUT2D eigenvalue weighted by molar-refractivity contribution is 0.260. The van der Waals surface area contributed by atoms with Crippen LogP contribution in [0.1, 0.15) is 25.1 Å². The maximum absolute atomic E-state index is 13.2. The van der Waals surface area contributed by atoms with Gasteiger partial charge in [0.15, 0.2) is 0 Å². The Morgan fingerprint density at radius 2 is 1.81 bits per heavy atom. The lowest BCUT2D eigenvalue weighted by atomic mass is 10.1. The van der Waals surface area contributed by atoms with Crippen molar-refractivity contribution in [3.8, 4) is 0 Å². The molecular weight excluding hydrogens is 356 g/mol. The van der Waals surface area contributed by atoms with E-state index in [0.29, 0.717) is 25.0 Å². The normalized spacial score (nSPS) is 18.1. The number of benzene rings is 1. The zero-order valence-corrected chi connectivity index (χ0v) is 14.9. The van der Waals surface area contributed by atoms with Crippen LogP contribution in [0.25, 0.3) is 11.0 Å². The van der Waals surface area contributed by atoms with Crippen LogP contribution in [-0.4, -0.2) is 33.8 Å². The molecule has 1 aliphatic heterocycles. The van der Waals surface area contributed by atoms with Crippen molar-refractivity contribution in [3.63, 3.8) is 0 Å². The zero-order valence-electron chi connectivity index (χ0n) is 14.1. The quantitative estimate of drug-likeness (QED) is 0.671. The lowest BCUT2D eigenvalue weighted by Gasteiger charge is -2.35. The summed E-state index contributed by atoms with van der Waals surface area (Å²) in [5.74, 6) is 0. The summed E-state index contributed by atoms with van der Waals surface area (Å²) < 4.78 is 30.1. The van der Waals surface area contributed by atoms with E-state index in [9.17, 15) is 18.0 Å². The van der Waals surface area contributed by atoms with Crippen molar-refractivity contribution >= 4 is 21.1 Å². The molecule has 3 aromatic rings. The summed E-state index contributed by atoms with van der Waals surface area (Å²) in [6.07, 6.45) is 2.61. The van der Waals surface area contributed by atoms with E-state index in [1.54, 1.807) is 0 Å². The Balaban J connectivity index is 1.81. The van der Waals surface area contributed by atoms with Crippen LogP contribution in [0.3, 0.4) is 0 Å². The molecule has 0 unspecified atom stereocenters. The van der Waals surface area contributed by atoms with Crippen LogP contribution in [0.4, 0.5) is 0 Å². The third kappa shape index (κ3) is 2.51. The highest BCUT2D eigenvalue weighted by atomic mass is 32.2. The molecule has 1 atom stereocenters. The van der Waals surface area contributed by atoms with Gasteiger partial charge in [0.25, 0.3) is 0 Å². The number of rotatable bonds is 3. The number of nitrogens with zero attached hydrogens (tertiary/aromatic N) is 2. The second-order valence-electron chi connectivity index (χ2n) is 6.28. The van der Waals surface area contributed by atoms with Gasteiger partial charge in [0.2, 0.25) is 10.0 Å². The predicted molar refractivity (Wildman–Crippen MR) is 96.5 cm³/mol. The topological polar surface area (TPSA) is 108 Å². The van der Waals surface area contributed by atoms with Crippen LogP contribution < -0.4 is 11.1 Å². The van der Waals surface area contributed by atoms with Crippen molar-refractivity contribution in [2.75, 3.05) is 6.54 Å². The molecule has 26 heavy (non-hydrogen) atoms. The fourth-order valence-corrected chi connectivity index (χ4v) is 5.23. The number of hydrogen-bond donors (Lipinski definition) is 2. The first kappa shape index (κ1) is 16.8. The Morgan fingerprint density at radius 3 is 2.54 bits per heavy atom. The zero-order chi connectivity index (χ0) is 18.5. The summed E-state index contributed by atoms with van der Waals surface area (Å²) in [6.45, 7) is 2.93. The van der Waals surface area contributed by atoms with E-state index in [2.05, 4.69) is 14.5 Å². The fourth-order valence-electron chi connectivity index (χ4n) is 3.53. The van der Waals surface area contributed by atoms with Crippen LogP contribution in [0.5, 0.6) is 0 Å². The third-order valence-corrected chi connectivity index (χ3v) is 6.71. The molecule has 0 saturated carbocycles. The van der Waals surface area contributed by atoms with Crippen LogP contribution in [0, 0.1) is 0 Å². The Hall–Kier alpha value is -2.65. The Morgan fingerprint density at radius 1 is 1.08 bits per heavy atom. The largest absolute Gasteiger partial charge is 0.349 e. The molecule has 0 spiro atoms. The lowest BCUT2D eigenvalue weighted by Crippen LogP contribution is -2.41. The molecule has 0 radical (unpaired) electrons. The summed E-state index contributed by atoms with van der Waals surface area (Å²) in [5, 5.41) is 0. The van der Waals surface area contributed by atoms with E-state index in [1.165, 1.54) is 22.5 Å². The molecule has 8 nitrogen and oxygen atoms in total. The molecule has 136 valence electrons. The highest BCUT2D eigenvalue weighted by molar-refractivity contribution is 7.89. The van der Waals surface area contributed by atoms with E-state index in [4.69, 9.17) is 0 Å². The average Bonchev–Trinajstić information content (AvgIpc) is 3.10. The first-order chi connectivity index (χ1) is 12.4.